The van der Waals surface area contributed by atoms with Gasteiger partial charge in [-0.1, -0.05) is 0 Å². The van der Waals surface area contributed by atoms with E-state index >= 15 is 0 Å². The van der Waals surface area contributed by atoms with Crippen LogP contribution in [0, 0.1) is 0 Å². The van der Waals surface area contributed by atoms with Crippen molar-refractivity contribution in [3.63, 3.8) is 0 Å². The maximum atomic E-state index is 11.9. The zero-order valence-corrected chi connectivity index (χ0v) is 11.2. The van der Waals surface area contributed by atoms with E-state index in [0.29, 0.717) is 18.8 Å². The second-order valence-electron chi connectivity index (χ2n) is 4.36. The average Bonchev–Trinajstić information content (AvgIpc) is 2.86. The first-order valence-electron chi connectivity index (χ1n) is 6.34. The summed E-state index contributed by atoms with van der Waals surface area (Å²) in [7, 11) is 0. The molecule has 1 aliphatic heterocycles. The maximum absolute atomic E-state index is 11.9. The zero-order valence-electron chi connectivity index (χ0n) is 10.4. The third-order valence-electron chi connectivity index (χ3n) is 2.91. The summed E-state index contributed by atoms with van der Waals surface area (Å²) in [4.78, 5) is 16.1. The fraction of sp³-hybridized carbons (Fsp3) is 0.667. The Labute approximate surface area is 111 Å². The SMILES string of the molecule is NCCc1nc(C(=O)NCC2CCCCO2)cs1. The molecule has 0 spiro atoms. The minimum Gasteiger partial charge on any atom is -0.376 e. The molecule has 5 nitrogen and oxygen atoms in total. The highest BCUT2D eigenvalue weighted by molar-refractivity contribution is 7.09. The van der Waals surface area contributed by atoms with Crippen LogP contribution in [0.3, 0.4) is 0 Å². The molecule has 100 valence electrons. The van der Waals surface area contributed by atoms with Crippen LogP contribution in [-0.2, 0) is 11.2 Å². The van der Waals surface area contributed by atoms with E-state index in [1.165, 1.54) is 17.8 Å². The zero-order chi connectivity index (χ0) is 12.8. The number of carbonyl (C=O) groups excluding carboxylic acids is 1. The number of hydrogen-bond acceptors (Lipinski definition) is 5. The molecule has 18 heavy (non-hydrogen) atoms. The summed E-state index contributed by atoms with van der Waals surface area (Å²) in [5.74, 6) is -0.122. The Hall–Kier alpha value is -0.980. The van der Waals surface area contributed by atoms with E-state index in [9.17, 15) is 4.79 Å². The normalized spacial score (nSPS) is 19.7. The number of nitrogens with two attached hydrogens (primary N) is 1. The predicted octanol–water partition coefficient (Wildman–Crippen LogP) is 0.943. The lowest BCUT2D eigenvalue weighted by Gasteiger charge is -2.22. The van der Waals surface area contributed by atoms with Crippen LogP contribution in [0.15, 0.2) is 5.38 Å². The van der Waals surface area contributed by atoms with Crippen LogP contribution in [0.1, 0.15) is 34.8 Å². The fourth-order valence-electron chi connectivity index (χ4n) is 1.92. The molecule has 1 amide bonds. The predicted molar refractivity (Wildman–Crippen MR) is 70.8 cm³/mol. The Morgan fingerprint density at radius 1 is 1.61 bits per heavy atom. The molecule has 0 aliphatic carbocycles. The minimum absolute atomic E-state index is 0.122. The van der Waals surface area contributed by atoms with Crippen LogP contribution >= 0.6 is 11.3 Å². The van der Waals surface area contributed by atoms with Crippen LogP contribution in [0.25, 0.3) is 0 Å². The molecule has 3 N–H and O–H groups in total. The standard InChI is InChI=1S/C12H19N3O2S/c13-5-4-11-15-10(8-18-11)12(16)14-7-9-3-1-2-6-17-9/h8-9H,1-7,13H2,(H,14,16). The van der Waals surface area contributed by atoms with Gasteiger partial charge in [0, 0.05) is 25.0 Å². The number of hydrogen-bond donors (Lipinski definition) is 2. The van der Waals surface area contributed by atoms with Gasteiger partial charge in [-0.15, -0.1) is 11.3 Å². The second-order valence-corrected chi connectivity index (χ2v) is 5.31. The van der Waals surface area contributed by atoms with E-state index in [4.69, 9.17) is 10.5 Å². The summed E-state index contributed by atoms with van der Waals surface area (Å²) in [6, 6.07) is 0. The number of carbonyl (C=O) groups is 1. The highest BCUT2D eigenvalue weighted by atomic mass is 32.1. The van der Waals surface area contributed by atoms with Crippen molar-refractivity contribution in [1.29, 1.82) is 0 Å². The maximum Gasteiger partial charge on any atom is 0.270 e. The Morgan fingerprint density at radius 3 is 3.22 bits per heavy atom. The molecule has 1 unspecified atom stereocenters. The Balaban J connectivity index is 1.79. The molecule has 0 bridgehead atoms. The second kappa shape index (κ2) is 6.82. The van der Waals surface area contributed by atoms with Crippen molar-refractivity contribution in [1.82, 2.24) is 10.3 Å². The van der Waals surface area contributed by atoms with Crippen molar-refractivity contribution in [3.05, 3.63) is 16.1 Å². The van der Waals surface area contributed by atoms with E-state index < -0.39 is 0 Å². The quantitative estimate of drug-likeness (QED) is 0.834. The number of nitrogens with zero attached hydrogens (tertiary/aromatic N) is 1. The smallest absolute Gasteiger partial charge is 0.270 e. The van der Waals surface area contributed by atoms with Crippen LogP contribution < -0.4 is 11.1 Å². The van der Waals surface area contributed by atoms with Gasteiger partial charge in [0.15, 0.2) is 0 Å². The minimum atomic E-state index is -0.122. The summed E-state index contributed by atoms with van der Waals surface area (Å²) in [5, 5.41) is 5.57. The molecule has 1 atom stereocenters. The molecule has 1 aliphatic rings. The number of thiazole rings is 1. The van der Waals surface area contributed by atoms with Crippen molar-refractivity contribution in [2.45, 2.75) is 31.8 Å². The number of ether oxygens (including phenoxy) is 1. The van der Waals surface area contributed by atoms with Crippen molar-refractivity contribution in [2.24, 2.45) is 5.73 Å². The molecule has 1 fully saturated rings. The van der Waals surface area contributed by atoms with Gasteiger partial charge < -0.3 is 15.8 Å². The summed E-state index contributed by atoms with van der Waals surface area (Å²) < 4.78 is 5.56. The molecule has 6 heteroatoms. The molecule has 1 saturated heterocycles. The molecule has 0 radical (unpaired) electrons. The van der Waals surface area contributed by atoms with Gasteiger partial charge in [0.05, 0.1) is 11.1 Å². The lowest BCUT2D eigenvalue weighted by atomic mass is 10.1. The topological polar surface area (TPSA) is 77.2 Å². The van der Waals surface area contributed by atoms with Crippen molar-refractivity contribution in [2.75, 3.05) is 19.7 Å². The van der Waals surface area contributed by atoms with Crippen LogP contribution in [0.2, 0.25) is 0 Å². The van der Waals surface area contributed by atoms with E-state index in [0.717, 1.165) is 30.9 Å². The number of nitrogens with one attached hydrogen (secondary N) is 1. The first kappa shape index (κ1) is 13.5. The Morgan fingerprint density at radius 2 is 2.50 bits per heavy atom. The fourth-order valence-corrected chi connectivity index (χ4v) is 2.71. The van der Waals surface area contributed by atoms with Crippen molar-refractivity contribution < 1.29 is 9.53 Å². The highest BCUT2D eigenvalue weighted by Crippen LogP contribution is 2.13. The largest absolute Gasteiger partial charge is 0.376 e. The Bertz CT molecular complexity index is 388. The van der Waals surface area contributed by atoms with Crippen LogP contribution in [0.5, 0.6) is 0 Å². The number of aromatic nitrogens is 1. The summed E-state index contributed by atoms with van der Waals surface area (Å²) >= 11 is 1.48. The van der Waals surface area contributed by atoms with Gasteiger partial charge in [-0.25, -0.2) is 4.98 Å². The van der Waals surface area contributed by atoms with E-state index in [1.807, 2.05) is 0 Å². The van der Waals surface area contributed by atoms with Crippen molar-refractivity contribution >= 4 is 17.2 Å². The van der Waals surface area contributed by atoms with Gasteiger partial charge >= 0.3 is 0 Å². The first-order chi connectivity index (χ1) is 8.79. The number of rotatable bonds is 5. The van der Waals surface area contributed by atoms with E-state index in [2.05, 4.69) is 10.3 Å². The highest BCUT2D eigenvalue weighted by Gasteiger charge is 2.16. The first-order valence-corrected chi connectivity index (χ1v) is 7.22. The summed E-state index contributed by atoms with van der Waals surface area (Å²) in [6.45, 7) is 1.94. The number of amides is 1. The van der Waals surface area contributed by atoms with Gasteiger partial charge in [0.2, 0.25) is 0 Å². The molecule has 0 aromatic carbocycles. The Kier molecular flexibility index (Phi) is 5.10. The molecule has 1 aromatic rings. The van der Waals surface area contributed by atoms with Crippen LogP contribution in [0.4, 0.5) is 0 Å². The van der Waals surface area contributed by atoms with Gasteiger partial charge in [-0.3, -0.25) is 4.79 Å². The molecule has 0 saturated carbocycles. The van der Waals surface area contributed by atoms with Gasteiger partial charge in [-0.2, -0.15) is 0 Å². The lowest BCUT2D eigenvalue weighted by Crippen LogP contribution is -2.35. The van der Waals surface area contributed by atoms with E-state index in [-0.39, 0.29) is 12.0 Å². The van der Waals surface area contributed by atoms with E-state index in [1.54, 1.807) is 5.38 Å². The molecule has 1 aromatic heterocycles. The molecular formula is C12H19N3O2S. The summed E-state index contributed by atoms with van der Waals surface area (Å²) in [6.07, 6.45) is 4.21. The van der Waals surface area contributed by atoms with Gasteiger partial charge in [0.25, 0.3) is 5.91 Å². The average molecular weight is 269 g/mol. The molecular weight excluding hydrogens is 250 g/mol. The van der Waals surface area contributed by atoms with Crippen LogP contribution in [-0.4, -0.2) is 36.7 Å². The van der Waals surface area contributed by atoms with Gasteiger partial charge in [-0.05, 0) is 25.8 Å². The lowest BCUT2D eigenvalue weighted by molar-refractivity contribution is 0.0168. The summed E-state index contributed by atoms with van der Waals surface area (Å²) in [5.41, 5.74) is 5.94. The van der Waals surface area contributed by atoms with Gasteiger partial charge in [0.1, 0.15) is 5.69 Å². The van der Waals surface area contributed by atoms with Crippen molar-refractivity contribution in [3.8, 4) is 0 Å². The third kappa shape index (κ3) is 3.76. The molecule has 2 rings (SSSR count). The monoisotopic (exact) mass is 269 g/mol. The third-order valence-corrected chi connectivity index (χ3v) is 3.82. The molecule has 2 heterocycles.